The normalized spacial score (nSPS) is 18.2. The van der Waals surface area contributed by atoms with E-state index >= 15 is 0 Å². The molecule has 1 aromatic rings. The lowest BCUT2D eigenvalue weighted by atomic mass is 10.1. The molecule has 1 aromatic carbocycles. The van der Waals surface area contributed by atoms with Gasteiger partial charge in [0.15, 0.2) is 6.29 Å². The van der Waals surface area contributed by atoms with Crippen LogP contribution < -0.4 is 10.1 Å². The molecule has 0 saturated carbocycles. The number of rotatable bonds is 1. The number of carbonyl (C=O) groups is 1. The average molecular weight is 265 g/mol. The number of fused-ring (bicyclic) bond motifs is 1. The topological polar surface area (TPSA) is 67.8 Å². The van der Waals surface area contributed by atoms with Crippen molar-refractivity contribution in [3.63, 3.8) is 0 Å². The van der Waals surface area contributed by atoms with E-state index in [4.69, 9.17) is 9.47 Å². The summed E-state index contributed by atoms with van der Waals surface area (Å²) in [5.41, 5.74) is 1.11. The molecule has 5 heteroatoms. The van der Waals surface area contributed by atoms with Crippen molar-refractivity contribution in [1.29, 1.82) is 0 Å². The quantitative estimate of drug-likeness (QED) is 0.819. The molecule has 1 aliphatic heterocycles. The fourth-order valence-electron chi connectivity index (χ4n) is 1.87. The van der Waals surface area contributed by atoms with Crippen molar-refractivity contribution in [2.24, 2.45) is 0 Å². The number of anilines is 1. The first-order valence-electron chi connectivity index (χ1n) is 6.31. The van der Waals surface area contributed by atoms with E-state index in [1.165, 1.54) is 0 Å². The summed E-state index contributed by atoms with van der Waals surface area (Å²) < 4.78 is 10.5. The standard InChI is InChI=1S/C14H19NO4/c1-14(2,3)19-13(17)15-10-5-6-11-9(8-10)4-7-12(16)18-11/h5-6,8,12,16H,4,7H2,1-3H3,(H,15,17). The van der Waals surface area contributed by atoms with Crippen molar-refractivity contribution in [3.05, 3.63) is 23.8 Å². The molecule has 1 amide bonds. The Morgan fingerprint density at radius 3 is 2.89 bits per heavy atom. The zero-order chi connectivity index (χ0) is 14.0. The fraction of sp³-hybridized carbons (Fsp3) is 0.500. The first-order chi connectivity index (χ1) is 8.83. The Balaban J connectivity index is 2.04. The van der Waals surface area contributed by atoms with Gasteiger partial charge < -0.3 is 14.6 Å². The van der Waals surface area contributed by atoms with Gasteiger partial charge in [-0.05, 0) is 51.0 Å². The van der Waals surface area contributed by atoms with E-state index in [9.17, 15) is 9.90 Å². The number of aliphatic hydroxyl groups is 1. The first-order valence-corrected chi connectivity index (χ1v) is 6.31. The number of aryl methyl sites for hydroxylation is 1. The Bertz CT molecular complexity index is 479. The molecule has 5 nitrogen and oxygen atoms in total. The largest absolute Gasteiger partial charge is 0.465 e. The number of hydrogen-bond acceptors (Lipinski definition) is 4. The van der Waals surface area contributed by atoms with E-state index in [0.29, 0.717) is 17.9 Å². The summed E-state index contributed by atoms with van der Waals surface area (Å²) in [7, 11) is 0. The molecule has 19 heavy (non-hydrogen) atoms. The van der Waals surface area contributed by atoms with Crippen molar-refractivity contribution in [3.8, 4) is 5.75 Å². The van der Waals surface area contributed by atoms with Gasteiger partial charge in [0, 0.05) is 12.1 Å². The lowest BCUT2D eigenvalue weighted by Crippen LogP contribution is -2.27. The molecule has 0 bridgehead atoms. The molecular weight excluding hydrogens is 246 g/mol. The third-order valence-corrected chi connectivity index (χ3v) is 2.63. The maximum absolute atomic E-state index is 11.6. The third kappa shape index (κ3) is 3.86. The van der Waals surface area contributed by atoms with E-state index in [2.05, 4.69) is 5.32 Å². The molecular formula is C14H19NO4. The summed E-state index contributed by atoms with van der Waals surface area (Å²) >= 11 is 0. The monoisotopic (exact) mass is 265 g/mol. The lowest BCUT2D eigenvalue weighted by molar-refractivity contribution is -0.0316. The second-order valence-electron chi connectivity index (χ2n) is 5.56. The second-order valence-corrected chi connectivity index (χ2v) is 5.56. The van der Waals surface area contributed by atoms with Crippen LogP contribution in [-0.4, -0.2) is 23.1 Å². The van der Waals surface area contributed by atoms with E-state index in [-0.39, 0.29) is 0 Å². The number of amides is 1. The molecule has 0 aromatic heterocycles. The average Bonchev–Trinajstić information content (AvgIpc) is 2.26. The van der Waals surface area contributed by atoms with Crippen LogP contribution in [0.1, 0.15) is 32.8 Å². The third-order valence-electron chi connectivity index (χ3n) is 2.63. The van der Waals surface area contributed by atoms with Crippen molar-refractivity contribution < 1.29 is 19.4 Å². The predicted molar refractivity (Wildman–Crippen MR) is 71.3 cm³/mol. The highest BCUT2D eigenvalue weighted by molar-refractivity contribution is 5.85. The highest BCUT2D eigenvalue weighted by atomic mass is 16.6. The van der Waals surface area contributed by atoms with Gasteiger partial charge in [-0.2, -0.15) is 0 Å². The van der Waals surface area contributed by atoms with Crippen LogP contribution in [0.25, 0.3) is 0 Å². The second kappa shape index (κ2) is 5.09. The SMILES string of the molecule is CC(C)(C)OC(=O)Nc1ccc2c(c1)CCC(O)O2. The zero-order valence-corrected chi connectivity index (χ0v) is 11.4. The lowest BCUT2D eigenvalue weighted by Gasteiger charge is -2.23. The number of hydrogen-bond donors (Lipinski definition) is 2. The van der Waals surface area contributed by atoms with Gasteiger partial charge in [-0.15, -0.1) is 0 Å². The highest BCUT2D eigenvalue weighted by Crippen LogP contribution is 2.29. The van der Waals surface area contributed by atoms with Crippen molar-refractivity contribution >= 4 is 11.8 Å². The number of benzene rings is 1. The van der Waals surface area contributed by atoms with Gasteiger partial charge in [0.05, 0.1) is 0 Å². The molecule has 1 unspecified atom stereocenters. The predicted octanol–water partition coefficient (Wildman–Crippen LogP) is 2.68. The summed E-state index contributed by atoms with van der Waals surface area (Å²) in [5.74, 6) is 0.661. The number of carbonyl (C=O) groups excluding carboxylic acids is 1. The van der Waals surface area contributed by atoms with E-state index < -0.39 is 18.0 Å². The minimum absolute atomic E-state index is 0.482. The van der Waals surface area contributed by atoms with E-state index in [0.717, 1.165) is 12.0 Å². The Kier molecular flexibility index (Phi) is 3.66. The summed E-state index contributed by atoms with van der Waals surface area (Å²) in [6, 6.07) is 5.30. The van der Waals surface area contributed by atoms with Crippen molar-refractivity contribution in [2.45, 2.75) is 45.5 Å². The van der Waals surface area contributed by atoms with Crippen LogP contribution in [0.5, 0.6) is 5.75 Å². The maximum atomic E-state index is 11.6. The molecule has 0 fully saturated rings. The molecule has 0 aliphatic carbocycles. The molecule has 104 valence electrons. The van der Waals surface area contributed by atoms with Gasteiger partial charge in [-0.25, -0.2) is 4.79 Å². The molecule has 2 rings (SSSR count). The zero-order valence-electron chi connectivity index (χ0n) is 11.4. The highest BCUT2D eigenvalue weighted by Gasteiger charge is 2.19. The molecule has 1 atom stereocenters. The summed E-state index contributed by atoms with van der Waals surface area (Å²) in [4.78, 5) is 11.6. The first kappa shape index (κ1) is 13.7. The number of nitrogens with one attached hydrogen (secondary N) is 1. The van der Waals surface area contributed by atoms with E-state index in [1.54, 1.807) is 12.1 Å². The minimum Gasteiger partial charge on any atom is -0.465 e. The van der Waals surface area contributed by atoms with Gasteiger partial charge in [-0.1, -0.05) is 0 Å². The van der Waals surface area contributed by atoms with Gasteiger partial charge in [-0.3, -0.25) is 5.32 Å². The number of aliphatic hydroxyl groups excluding tert-OH is 1. The Hall–Kier alpha value is -1.75. The Labute approximate surface area is 112 Å². The van der Waals surface area contributed by atoms with Crippen LogP contribution in [0.2, 0.25) is 0 Å². The van der Waals surface area contributed by atoms with Gasteiger partial charge in [0.25, 0.3) is 0 Å². The van der Waals surface area contributed by atoms with Crippen LogP contribution in [-0.2, 0) is 11.2 Å². The fourth-order valence-corrected chi connectivity index (χ4v) is 1.87. The molecule has 0 saturated heterocycles. The molecule has 0 spiro atoms. The number of ether oxygens (including phenoxy) is 2. The van der Waals surface area contributed by atoms with Crippen LogP contribution in [0.3, 0.4) is 0 Å². The summed E-state index contributed by atoms with van der Waals surface area (Å²) in [6.07, 6.45) is 0.0600. The van der Waals surface area contributed by atoms with Crippen LogP contribution in [0.4, 0.5) is 10.5 Å². The minimum atomic E-state index is -0.739. The van der Waals surface area contributed by atoms with E-state index in [1.807, 2.05) is 26.8 Å². The maximum Gasteiger partial charge on any atom is 0.412 e. The molecule has 1 heterocycles. The summed E-state index contributed by atoms with van der Waals surface area (Å²) in [5, 5.41) is 12.1. The van der Waals surface area contributed by atoms with Gasteiger partial charge >= 0.3 is 6.09 Å². The van der Waals surface area contributed by atoms with Crippen LogP contribution >= 0.6 is 0 Å². The van der Waals surface area contributed by atoms with Crippen LogP contribution in [0.15, 0.2) is 18.2 Å². The van der Waals surface area contributed by atoms with Crippen molar-refractivity contribution in [2.75, 3.05) is 5.32 Å². The molecule has 2 N–H and O–H groups in total. The van der Waals surface area contributed by atoms with Gasteiger partial charge in [0.2, 0.25) is 0 Å². The van der Waals surface area contributed by atoms with Gasteiger partial charge in [0.1, 0.15) is 11.4 Å². The smallest absolute Gasteiger partial charge is 0.412 e. The molecule has 1 aliphatic rings. The summed E-state index contributed by atoms with van der Waals surface area (Å²) in [6.45, 7) is 5.44. The van der Waals surface area contributed by atoms with Crippen molar-refractivity contribution in [1.82, 2.24) is 0 Å². The Morgan fingerprint density at radius 1 is 1.47 bits per heavy atom. The van der Waals surface area contributed by atoms with Crippen LogP contribution in [0, 0.1) is 0 Å². The Morgan fingerprint density at radius 2 is 2.21 bits per heavy atom. The molecule has 0 radical (unpaired) electrons.